The smallest absolute Gasteiger partial charge is 0.244 e. The molecule has 1 rings (SSSR count). The second-order valence-corrected chi connectivity index (χ2v) is 2.95. The van der Waals surface area contributed by atoms with E-state index in [2.05, 4.69) is 11.8 Å². The van der Waals surface area contributed by atoms with Gasteiger partial charge in [0.05, 0.1) is 0 Å². The Balaban J connectivity index is 2.74. The lowest BCUT2D eigenvalue weighted by Crippen LogP contribution is -1.99. The van der Waals surface area contributed by atoms with Gasteiger partial charge in [-0.2, -0.15) is 0 Å². The van der Waals surface area contributed by atoms with Gasteiger partial charge in [0, 0.05) is 0 Å². The number of aliphatic hydroxyl groups is 1. The molecular weight excluding hydrogens is 162 g/mol. The molecule has 0 fully saturated rings. The Bertz CT molecular complexity index is 297. The first kappa shape index (κ1) is 9.76. The molecule has 68 valence electrons. The van der Waals surface area contributed by atoms with E-state index in [1.54, 1.807) is 0 Å². The van der Waals surface area contributed by atoms with Crippen molar-refractivity contribution in [1.29, 1.82) is 0 Å². The molecule has 1 aromatic carbocycles. The Labute approximate surface area is 78.7 Å². The number of hydrogen-bond acceptors (Lipinski definition) is 1. The van der Waals surface area contributed by atoms with Crippen LogP contribution in [0, 0.1) is 6.57 Å². The first-order valence-electron chi connectivity index (χ1n) is 4.38. The highest BCUT2D eigenvalue weighted by Crippen LogP contribution is 2.14. The van der Waals surface area contributed by atoms with E-state index in [-0.39, 0.29) is 6.54 Å². The van der Waals surface area contributed by atoms with Crippen molar-refractivity contribution in [3.63, 3.8) is 0 Å². The van der Waals surface area contributed by atoms with Crippen molar-refractivity contribution in [3.05, 3.63) is 46.8 Å². The SMILES string of the molecule is [C-]#[N+]CC(O)c1ccc(CC)cc1. The summed E-state index contributed by atoms with van der Waals surface area (Å²) in [6, 6.07) is 7.74. The van der Waals surface area contributed by atoms with Gasteiger partial charge in [-0.15, -0.1) is 0 Å². The maximum atomic E-state index is 9.47. The second-order valence-electron chi connectivity index (χ2n) is 2.95. The Hall–Kier alpha value is -1.33. The van der Waals surface area contributed by atoms with Crippen LogP contribution in [0.4, 0.5) is 0 Å². The van der Waals surface area contributed by atoms with Gasteiger partial charge in [-0.3, -0.25) is 0 Å². The van der Waals surface area contributed by atoms with Gasteiger partial charge in [-0.1, -0.05) is 31.2 Å². The number of hydrogen-bond donors (Lipinski definition) is 1. The Morgan fingerprint density at radius 2 is 2.00 bits per heavy atom. The summed E-state index contributed by atoms with van der Waals surface area (Å²) >= 11 is 0. The van der Waals surface area contributed by atoms with Gasteiger partial charge in [-0.25, -0.2) is 6.57 Å². The van der Waals surface area contributed by atoms with Crippen molar-refractivity contribution >= 4 is 0 Å². The van der Waals surface area contributed by atoms with Crippen LogP contribution in [0.5, 0.6) is 0 Å². The lowest BCUT2D eigenvalue weighted by atomic mass is 10.1. The largest absolute Gasteiger partial charge is 0.381 e. The molecule has 0 saturated heterocycles. The van der Waals surface area contributed by atoms with Gasteiger partial charge in [0.15, 0.2) is 6.10 Å². The third kappa shape index (κ3) is 2.57. The molecule has 0 bridgehead atoms. The molecule has 0 heterocycles. The lowest BCUT2D eigenvalue weighted by molar-refractivity contribution is 0.195. The number of aryl methyl sites for hydroxylation is 1. The topological polar surface area (TPSA) is 24.6 Å². The lowest BCUT2D eigenvalue weighted by Gasteiger charge is -2.04. The van der Waals surface area contributed by atoms with E-state index in [0.29, 0.717) is 0 Å². The van der Waals surface area contributed by atoms with Crippen LogP contribution in [0.2, 0.25) is 0 Å². The first-order valence-corrected chi connectivity index (χ1v) is 4.38. The average molecular weight is 175 g/mol. The summed E-state index contributed by atoms with van der Waals surface area (Å²) in [4.78, 5) is 3.15. The minimum atomic E-state index is -0.636. The van der Waals surface area contributed by atoms with Crippen LogP contribution in [0.1, 0.15) is 24.2 Å². The van der Waals surface area contributed by atoms with Crippen LogP contribution >= 0.6 is 0 Å². The van der Waals surface area contributed by atoms with E-state index in [0.717, 1.165) is 12.0 Å². The summed E-state index contributed by atoms with van der Waals surface area (Å²) in [6.45, 7) is 8.86. The van der Waals surface area contributed by atoms with E-state index in [1.807, 2.05) is 24.3 Å². The molecule has 0 radical (unpaired) electrons. The molecule has 0 amide bonds. The molecule has 13 heavy (non-hydrogen) atoms. The fourth-order valence-electron chi connectivity index (χ4n) is 1.17. The molecule has 2 heteroatoms. The summed E-state index contributed by atoms with van der Waals surface area (Å²) < 4.78 is 0. The second kappa shape index (κ2) is 4.64. The fourth-order valence-corrected chi connectivity index (χ4v) is 1.17. The van der Waals surface area contributed by atoms with Crippen LogP contribution in [-0.2, 0) is 6.42 Å². The van der Waals surface area contributed by atoms with Crippen molar-refractivity contribution in [2.75, 3.05) is 6.54 Å². The molecule has 1 N–H and O–H groups in total. The Morgan fingerprint density at radius 1 is 1.38 bits per heavy atom. The van der Waals surface area contributed by atoms with Crippen LogP contribution in [-0.4, -0.2) is 11.7 Å². The van der Waals surface area contributed by atoms with Crippen molar-refractivity contribution in [1.82, 2.24) is 0 Å². The molecule has 0 aliphatic rings. The van der Waals surface area contributed by atoms with E-state index in [1.165, 1.54) is 5.56 Å². The number of benzene rings is 1. The highest BCUT2D eigenvalue weighted by Gasteiger charge is 2.08. The van der Waals surface area contributed by atoms with E-state index in [9.17, 15) is 5.11 Å². The van der Waals surface area contributed by atoms with Crippen LogP contribution < -0.4 is 0 Å². The van der Waals surface area contributed by atoms with Crippen molar-refractivity contribution in [2.45, 2.75) is 19.4 Å². The van der Waals surface area contributed by atoms with E-state index in [4.69, 9.17) is 6.57 Å². The maximum absolute atomic E-state index is 9.47. The fraction of sp³-hybridized carbons (Fsp3) is 0.364. The quantitative estimate of drug-likeness (QED) is 0.700. The summed E-state index contributed by atoms with van der Waals surface area (Å²) in [5.41, 5.74) is 2.08. The zero-order chi connectivity index (χ0) is 9.68. The molecular formula is C11H13NO. The maximum Gasteiger partial charge on any atom is 0.244 e. The number of nitrogens with zero attached hydrogens (tertiary/aromatic N) is 1. The van der Waals surface area contributed by atoms with Gasteiger partial charge in [0.2, 0.25) is 6.54 Å². The normalized spacial score (nSPS) is 12.1. The summed E-state index contributed by atoms with van der Waals surface area (Å²) in [7, 11) is 0. The number of aliphatic hydroxyl groups excluding tert-OH is 1. The minimum Gasteiger partial charge on any atom is -0.381 e. The summed E-state index contributed by atoms with van der Waals surface area (Å²) in [5.74, 6) is 0. The molecule has 1 aromatic rings. The summed E-state index contributed by atoms with van der Waals surface area (Å²) in [5, 5.41) is 9.47. The monoisotopic (exact) mass is 175 g/mol. The van der Waals surface area contributed by atoms with Crippen molar-refractivity contribution in [2.24, 2.45) is 0 Å². The van der Waals surface area contributed by atoms with Crippen LogP contribution in [0.25, 0.3) is 4.85 Å². The molecule has 1 unspecified atom stereocenters. The first-order chi connectivity index (χ1) is 6.27. The molecule has 0 aromatic heterocycles. The molecule has 0 saturated carbocycles. The highest BCUT2D eigenvalue weighted by molar-refractivity contribution is 5.24. The van der Waals surface area contributed by atoms with Gasteiger partial charge >= 0.3 is 0 Å². The molecule has 1 atom stereocenters. The zero-order valence-electron chi connectivity index (χ0n) is 7.70. The van der Waals surface area contributed by atoms with Gasteiger partial charge in [-0.05, 0) is 17.5 Å². The third-order valence-electron chi connectivity index (χ3n) is 2.04. The molecule has 0 spiro atoms. The van der Waals surface area contributed by atoms with E-state index < -0.39 is 6.10 Å². The van der Waals surface area contributed by atoms with Gasteiger partial charge in [0.1, 0.15) is 0 Å². The van der Waals surface area contributed by atoms with Crippen molar-refractivity contribution in [3.8, 4) is 0 Å². The molecule has 2 nitrogen and oxygen atoms in total. The van der Waals surface area contributed by atoms with Crippen LogP contribution in [0.15, 0.2) is 24.3 Å². The predicted octanol–water partition coefficient (Wildman–Crippen LogP) is 2.20. The predicted molar refractivity (Wildman–Crippen MR) is 52.2 cm³/mol. The van der Waals surface area contributed by atoms with Crippen molar-refractivity contribution < 1.29 is 5.11 Å². The Morgan fingerprint density at radius 3 is 2.46 bits per heavy atom. The van der Waals surface area contributed by atoms with Gasteiger partial charge < -0.3 is 9.95 Å². The Kier molecular flexibility index (Phi) is 3.48. The highest BCUT2D eigenvalue weighted by atomic mass is 16.3. The standard InChI is InChI=1S/C11H13NO/c1-3-9-4-6-10(7-5-9)11(13)8-12-2/h4-7,11,13H,3,8H2,1H3. The molecule has 0 aliphatic carbocycles. The number of rotatable bonds is 3. The minimum absolute atomic E-state index is 0.144. The van der Waals surface area contributed by atoms with Crippen LogP contribution in [0.3, 0.4) is 0 Å². The summed E-state index contributed by atoms with van der Waals surface area (Å²) in [6.07, 6.45) is 0.363. The zero-order valence-corrected chi connectivity index (χ0v) is 7.70. The van der Waals surface area contributed by atoms with Gasteiger partial charge in [0.25, 0.3) is 0 Å². The molecule has 0 aliphatic heterocycles. The third-order valence-corrected chi connectivity index (χ3v) is 2.04. The van der Waals surface area contributed by atoms with E-state index >= 15 is 0 Å². The average Bonchev–Trinajstić information content (AvgIpc) is 2.18.